The van der Waals surface area contributed by atoms with Gasteiger partial charge in [0.2, 0.25) is 0 Å². The molecule has 2 rings (SSSR count). The highest BCUT2D eigenvalue weighted by molar-refractivity contribution is 5.85. The molecule has 3 N–H and O–H groups in total. The molecule has 8 heteroatoms. The Labute approximate surface area is 153 Å². The van der Waals surface area contributed by atoms with Gasteiger partial charge in [0.1, 0.15) is 6.29 Å². The van der Waals surface area contributed by atoms with Crippen molar-refractivity contribution in [3.05, 3.63) is 23.8 Å². The highest BCUT2D eigenvalue weighted by atomic mass is 35.5. The molecular formula is C17H24ClN3O4. The summed E-state index contributed by atoms with van der Waals surface area (Å²) in [5.74, 6) is 0.912. The average molecular weight is 370 g/mol. The zero-order valence-corrected chi connectivity index (χ0v) is 15.0. The smallest absolute Gasteiger partial charge is 0.311 e. The molecule has 138 valence electrons. The number of carbonyl (C=O) groups is 2. The van der Waals surface area contributed by atoms with E-state index in [-0.39, 0.29) is 24.3 Å². The largest absolute Gasteiger partial charge is 0.493 e. The van der Waals surface area contributed by atoms with E-state index in [0.29, 0.717) is 35.7 Å². The highest BCUT2D eigenvalue weighted by Gasteiger charge is 2.21. The Hall–Kier alpha value is -2.28. The van der Waals surface area contributed by atoms with Crippen LogP contribution in [0.3, 0.4) is 0 Å². The second kappa shape index (κ2) is 9.88. The predicted octanol–water partition coefficient (Wildman–Crippen LogP) is 2.22. The van der Waals surface area contributed by atoms with Gasteiger partial charge in [-0.2, -0.15) is 0 Å². The van der Waals surface area contributed by atoms with Gasteiger partial charge in [-0.3, -0.25) is 15.0 Å². The fourth-order valence-electron chi connectivity index (χ4n) is 2.80. The number of nitrogens with one attached hydrogen (secondary N) is 1. The number of nitrogens with zero attached hydrogens (tertiary/aromatic N) is 1. The fourth-order valence-corrected chi connectivity index (χ4v) is 2.80. The number of carbonyl (C=O) groups excluding carboxylic acids is 2. The number of nitrogens with two attached hydrogens (primary N) is 1. The van der Waals surface area contributed by atoms with E-state index in [1.54, 1.807) is 12.1 Å². The van der Waals surface area contributed by atoms with E-state index in [1.165, 1.54) is 13.2 Å². The maximum atomic E-state index is 12.0. The molecular weight excluding hydrogens is 346 g/mol. The topological polar surface area (TPSA) is 106 Å². The average Bonchev–Trinajstić information content (AvgIpc) is 2.60. The van der Waals surface area contributed by atoms with Crippen molar-refractivity contribution < 1.29 is 19.1 Å². The molecule has 0 atom stereocenters. The Balaban J connectivity index is 0.00000312. The lowest BCUT2D eigenvalue weighted by Gasteiger charge is -2.31. The molecule has 1 aliphatic rings. The van der Waals surface area contributed by atoms with E-state index in [0.717, 1.165) is 32.4 Å². The molecule has 0 unspecified atom stereocenters. The maximum Gasteiger partial charge on any atom is 0.311 e. The molecule has 0 aromatic heterocycles. The minimum atomic E-state index is -0.318. The maximum absolute atomic E-state index is 12.0. The van der Waals surface area contributed by atoms with Crippen molar-refractivity contribution in [2.24, 2.45) is 11.7 Å². The van der Waals surface area contributed by atoms with Crippen molar-refractivity contribution in [1.82, 2.24) is 4.90 Å². The number of likely N-dealkylation sites (tertiary alicyclic amines) is 1. The van der Waals surface area contributed by atoms with Gasteiger partial charge in [0.15, 0.2) is 17.5 Å². The van der Waals surface area contributed by atoms with E-state index >= 15 is 0 Å². The number of benzene rings is 1. The summed E-state index contributed by atoms with van der Waals surface area (Å²) in [5, 5.41) is 7.41. The minimum absolute atomic E-state index is 0. The first-order valence-electron chi connectivity index (χ1n) is 7.96. The van der Waals surface area contributed by atoms with Gasteiger partial charge in [0.25, 0.3) is 0 Å². The lowest BCUT2D eigenvalue weighted by atomic mass is 9.92. The Bertz CT molecular complexity index is 616. The van der Waals surface area contributed by atoms with Gasteiger partial charge in [0.05, 0.1) is 7.11 Å². The van der Waals surface area contributed by atoms with Crippen LogP contribution in [-0.2, 0) is 4.79 Å². The number of aldehydes is 1. The monoisotopic (exact) mass is 369 g/mol. The van der Waals surface area contributed by atoms with Crippen molar-refractivity contribution in [1.29, 1.82) is 5.41 Å². The van der Waals surface area contributed by atoms with Crippen LogP contribution in [0, 0.1) is 11.3 Å². The van der Waals surface area contributed by atoms with Gasteiger partial charge < -0.3 is 20.1 Å². The Morgan fingerprint density at radius 3 is 2.60 bits per heavy atom. The summed E-state index contributed by atoms with van der Waals surface area (Å²) in [7, 11) is 1.46. The van der Waals surface area contributed by atoms with Crippen LogP contribution >= 0.6 is 12.4 Å². The molecule has 1 heterocycles. The van der Waals surface area contributed by atoms with Gasteiger partial charge in [-0.1, -0.05) is 0 Å². The number of hydrogen-bond donors (Lipinski definition) is 2. The van der Waals surface area contributed by atoms with Gasteiger partial charge in [-0.15, -0.1) is 12.4 Å². The summed E-state index contributed by atoms with van der Waals surface area (Å²) in [6.07, 6.45) is 3.62. The van der Waals surface area contributed by atoms with Crippen LogP contribution < -0.4 is 15.2 Å². The zero-order valence-electron chi connectivity index (χ0n) is 14.2. The number of methoxy groups -OCH3 is 1. The third-order valence-corrected chi connectivity index (χ3v) is 4.26. The first-order chi connectivity index (χ1) is 11.5. The van der Waals surface area contributed by atoms with Crippen molar-refractivity contribution in [3.63, 3.8) is 0 Å². The molecule has 1 aromatic carbocycles. The Morgan fingerprint density at radius 1 is 1.36 bits per heavy atom. The summed E-state index contributed by atoms with van der Waals surface area (Å²) in [6.45, 7) is 1.52. The molecule has 7 nitrogen and oxygen atoms in total. The normalized spacial score (nSPS) is 14.4. The number of hydrogen-bond acceptors (Lipinski definition) is 5. The number of esters is 1. The predicted molar refractivity (Wildman–Crippen MR) is 96.7 cm³/mol. The van der Waals surface area contributed by atoms with Crippen molar-refractivity contribution in [2.75, 3.05) is 20.2 Å². The van der Waals surface area contributed by atoms with Crippen LogP contribution in [0.1, 0.15) is 36.0 Å². The quantitative estimate of drug-likeness (QED) is 0.262. The molecule has 0 radical (unpaired) electrons. The molecule has 0 aliphatic carbocycles. The summed E-state index contributed by atoms with van der Waals surface area (Å²) in [6, 6.07) is 4.68. The van der Waals surface area contributed by atoms with Crippen LogP contribution in [0.5, 0.6) is 11.5 Å². The van der Waals surface area contributed by atoms with Gasteiger partial charge >= 0.3 is 5.97 Å². The standard InChI is InChI=1S/C17H23N3O4.ClH/c1-23-15-10-13(11-21)2-4-14(15)24-16(22)5-3-12-6-8-20(9-7-12)17(18)19;/h2,4,10-12H,3,5-9H2,1H3,(H3,18,19);1H. The Morgan fingerprint density at radius 2 is 2.04 bits per heavy atom. The van der Waals surface area contributed by atoms with Crippen molar-refractivity contribution in [2.45, 2.75) is 25.7 Å². The third kappa shape index (κ3) is 5.94. The number of halogens is 1. The molecule has 0 spiro atoms. The summed E-state index contributed by atoms with van der Waals surface area (Å²) >= 11 is 0. The molecule has 0 amide bonds. The third-order valence-electron chi connectivity index (χ3n) is 4.26. The lowest BCUT2D eigenvalue weighted by Crippen LogP contribution is -2.42. The van der Waals surface area contributed by atoms with E-state index in [2.05, 4.69) is 0 Å². The molecule has 1 aromatic rings. The van der Waals surface area contributed by atoms with Crippen LogP contribution in [0.4, 0.5) is 0 Å². The molecule has 0 bridgehead atoms. The number of guanidine groups is 1. The van der Waals surface area contributed by atoms with Crippen molar-refractivity contribution >= 4 is 30.6 Å². The first kappa shape index (κ1) is 20.8. The summed E-state index contributed by atoms with van der Waals surface area (Å²) in [4.78, 5) is 24.6. The van der Waals surface area contributed by atoms with Crippen LogP contribution in [0.25, 0.3) is 0 Å². The van der Waals surface area contributed by atoms with E-state index in [1.807, 2.05) is 4.90 Å². The Kier molecular flexibility index (Phi) is 8.21. The van der Waals surface area contributed by atoms with E-state index < -0.39 is 0 Å². The highest BCUT2D eigenvalue weighted by Crippen LogP contribution is 2.28. The SMILES string of the molecule is COc1cc(C=O)ccc1OC(=O)CCC1CCN(C(=N)N)CC1.Cl. The number of ether oxygens (including phenoxy) is 2. The van der Waals surface area contributed by atoms with Crippen molar-refractivity contribution in [3.8, 4) is 11.5 Å². The summed E-state index contributed by atoms with van der Waals surface area (Å²) < 4.78 is 10.5. The zero-order chi connectivity index (χ0) is 17.5. The minimum Gasteiger partial charge on any atom is -0.493 e. The van der Waals surface area contributed by atoms with Crippen LogP contribution in [-0.4, -0.2) is 43.3 Å². The van der Waals surface area contributed by atoms with E-state index in [4.69, 9.17) is 20.6 Å². The van der Waals surface area contributed by atoms with E-state index in [9.17, 15) is 9.59 Å². The van der Waals surface area contributed by atoms with Crippen LogP contribution in [0.15, 0.2) is 18.2 Å². The van der Waals surface area contributed by atoms with Gasteiger partial charge in [-0.05, 0) is 43.4 Å². The first-order valence-corrected chi connectivity index (χ1v) is 7.96. The van der Waals surface area contributed by atoms with Crippen LogP contribution in [0.2, 0.25) is 0 Å². The number of rotatable bonds is 6. The van der Waals surface area contributed by atoms with Gasteiger partial charge in [-0.25, -0.2) is 0 Å². The molecule has 25 heavy (non-hydrogen) atoms. The second-order valence-electron chi connectivity index (χ2n) is 5.86. The number of piperidine rings is 1. The molecule has 1 aliphatic heterocycles. The molecule has 0 saturated carbocycles. The lowest BCUT2D eigenvalue weighted by molar-refractivity contribution is -0.134. The molecule has 1 fully saturated rings. The second-order valence-corrected chi connectivity index (χ2v) is 5.86. The summed E-state index contributed by atoms with van der Waals surface area (Å²) in [5.41, 5.74) is 5.93. The molecule has 1 saturated heterocycles. The fraction of sp³-hybridized carbons (Fsp3) is 0.471. The van der Waals surface area contributed by atoms with Gasteiger partial charge in [0, 0.05) is 25.1 Å².